The molecule has 0 spiro atoms. The Morgan fingerprint density at radius 3 is 2.44 bits per heavy atom. The Morgan fingerprint density at radius 1 is 1.25 bits per heavy atom. The molecule has 1 rings (SSSR count). The summed E-state index contributed by atoms with van der Waals surface area (Å²) in [6, 6.07) is 6.03. The van der Waals surface area contributed by atoms with Crippen LogP contribution in [-0.4, -0.2) is 20.9 Å². The molecule has 5 nitrogen and oxygen atoms in total. The monoisotopic (exact) mass is 242 g/mol. The van der Waals surface area contributed by atoms with Gasteiger partial charge < -0.3 is 5.32 Å². The van der Waals surface area contributed by atoms with Gasteiger partial charge in [-0.05, 0) is 26.0 Å². The zero-order valence-corrected chi connectivity index (χ0v) is 9.91. The number of hydrogen-bond donors (Lipinski definition) is 2. The second-order valence-corrected chi connectivity index (χ2v) is 5.22. The van der Waals surface area contributed by atoms with Crippen molar-refractivity contribution in [2.45, 2.75) is 24.8 Å². The number of benzene rings is 1. The van der Waals surface area contributed by atoms with Gasteiger partial charge in [-0.25, -0.2) is 13.1 Å². The molecule has 0 heterocycles. The van der Waals surface area contributed by atoms with Crippen molar-refractivity contribution in [1.29, 1.82) is 0 Å². The Kier molecular flexibility index (Phi) is 4.03. The van der Waals surface area contributed by atoms with Crippen LogP contribution in [0.15, 0.2) is 29.2 Å². The summed E-state index contributed by atoms with van der Waals surface area (Å²) in [5, 5.41) is 2.36. The van der Waals surface area contributed by atoms with Gasteiger partial charge in [0, 0.05) is 6.04 Å². The fourth-order valence-corrected chi connectivity index (χ4v) is 2.68. The predicted molar refractivity (Wildman–Crippen MR) is 61.6 cm³/mol. The van der Waals surface area contributed by atoms with E-state index < -0.39 is 10.0 Å². The van der Waals surface area contributed by atoms with Crippen LogP contribution < -0.4 is 10.0 Å². The average Bonchev–Trinajstić information content (AvgIpc) is 2.17. The summed E-state index contributed by atoms with van der Waals surface area (Å²) >= 11 is 0. The molecule has 16 heavy (non-hydrogen) atoms. The minimum atomic E-state index is -3.58. The number of hydrogen-bond acceptors (Lipinski definition) is 3. The Morgan fingerprint density at radius 2 is 1.88 bits per heavy atom. The number of rotatable bonds is 5. The molecule has 0 aromatic heterocycles. The summed E-state index contributed by atoms with van der Waals surface area (Å²) in [7, 11) is -3.58. The van der Waals surface area contributed by atoms with Crippen molar-refractivity contribution in [3.8, 4) is 0 Å². The second-order valence-electron chi connectivity index (χ2n) is 3.53. The van der Waals surface area contributed by atoms with Crippen molar-refractivity contribution in [1.82, 2.24) is 4.72 Å². The van der Waals surface area contributed by atoms with E-state index in [2.05, 4.69) is 10.0 Å². The summed E-state index contributed by atoms with van der Waals surface area (Å²) in [5.74, 6) is 0. The molecule has 0 aliphatic heterocycles. The lowest BCUT2D eigenvalue weighted by molar-refractivity contribution is -0.105. The van der Waals surface area contributed by atoms with Gasteiger partial charge in [0.15, 0.2) is 0 Å². The highest BCUT2D eigenvalue weighted by molar-refractivity contribution is 7.89. The van der Waals surface area contributed by atoms with Crippen LogP contribution in [0.2, 0.25) is 0 Å². The van der Waals surface area contributed by atoms with Gasteiger partial charge in [-0.2, -0.15) is 0 Å². The molecule has 88 valence electrons. The van der Waals surface area contributed by atoms with Gasteiger partial charge in [0.25, 0.3) is 0 Å². The number of nitrogens with one attached hydrogen (secondary N) is 2. The number of carbonyl (C=O) groups is 1. The molecule has 0 bridgehead atoms. The maximum Gasteiger partial charge on any atom is 0.242 e. The van der Waals surface area contributed by atoms with Crippen LogP contribution in [0, 0.1) is 0 Å². The maximum absolute atomic E-state index is 11.9. The van der Waals surface area contributed by atoms with E-state index in [-0.39, 0.29) is 16.6 Å². The zero-order chi connectivity index (χ0) is 12.2. The molecule has 0 fully saturated rings. The second kappa shape index (κ2) is 5.09. The van der Waals surface area contributed by atoms with Crippen molar-refractivity contribution in [3.63, 3.8) is 0 Å². The first kappa shape index (κ1) is 12.7. The SMILES string of the molecule is CC(C)NS(=O)(=O)c1ccccc1NC=O. The summed E-state index contributed by atoms with van der Waals surface area (Å²) in [4.78, 5) is 10.4. The van der Waals surface area contributed by atoms with Crippen LogP contribution in [0.5, 0.6) is 0 Å². The molecule has 0 unspecified atom stereocenters. The lowest BCUT2D eigenvalue weighted by Gasteiger charge is -2.12. The lowest BCUT2D eigenvalue weighted by Crippen LogP contribution is -2.30. The van der Waals surface area contributed by atoms with Crippen molar-refractivity contribution < 1.29 is 13.2 Å². The largest absolute Gasteiger partial charge is 0.328 e. The van der Waals surface area contributed by atoms with E-state index >= 15 is 0 Å². The normalized spacial score (nSPS) is 11.4. The first-order valence-electron chi connectivity index (χ1n) is 4.79. The highest BCUT2D eigenvalue weighted by atomic mass is 32.2. The minimum absolute atomic E-state index is 0.0656. The Hall–Kier alpha value is -1.40. The van der Waals surface area contributed by atoms with Crippen LogP contribution in [0.3, 0.4) is 0 Å². The topological polar surface area (TPSA) is 75.3 Å². The molecule has 2 N–H and O–H groups in total. The first-order valence-corrected chi connectivity index (χ1v) is 6.27. The Balaban J connectivity index is 3.16. The third-order valence-corrected chi connectivity index (χ3v) is 3.50. The lowest BCUT2D eigenvalue weighted by atomic mass is 10.3. The van der Waals surface area contributed by atoms with Crippen molar-refractivity contribution in [2.75, 3.05) is 5.32 Å². The third-order valence-electron chi connectivity index (χ3n) is 1.78. The predicted octanol–water partition coefficient (Wildman–Crippen LogP) is 0.942. The quantitative estimate of drug-likeness (QED) is 0.755. The minimum Gasteiger partial charge on any atom is -0.328 e. The third kappa shape index (κ3) is 3.04. The highest BCUT2D eigenvalue weighted by Gasteiger charge is 2.18. The Labute approximate surface area is 94.9 Å². The summed E-state index contributed by atoms with van der Waals surface area (Å²) in [6.45, 7) is 3.46. The number of carbonyl (C=O) groups excluding carboxylic acids is 1. The van der Waals surface area contributed by atoms with E-state index in [4.69, 9.17) is 0 Å². The summed E-state index contributed by atoms with van der Waals surface area (Å²) < 4.78 is 26.2. The zero-order valence-electron chi connectivity index (χ0n) is 9.10. The molecule has 0 radical (unpaired) electrons. The van der Waals surface area contributed by atoms with Crippen LogP contribution >= 0.6 is 0 Å². The van der Waals surface area contributed by atoms with Crippen LogP contribution in [0.25, 0.3) is 0 Å². The van der Waals surface area contributed by atoms with E-state index in [1.807, 2.05) is 0 Å². The molecule has 0 aliphatic rings. The van der Waals surface area contributed by atoms with Gasteiger partial charge in [-0.1, -0.05) is 12.1 Å². The average molecular weight is 242 g/mol. The van der Waals surface area contributed by atoms with Gasteiger partial charge in [0.1, 0.15) is 4.90 Å². The van der Waals surface area contributed by atoms with E-state index in [1.54, 1.807) is 26.0 Å². The maximum atomic E-state index is 11.9. The van der Waals surface area contributed by atoms with Gasteiger partial charge in [-0.15, -0.1) is 0 Å². The van der Waals surface area contributed by atoms with E-state index in [1.165, 1.54) is 12.1 Å². The molecule has 6 heteroatoms. The fraction of sp³-hybridized carbons (Fsp3) is 0.300. The molecule has 1 aromatic carbocycles. The van der Waals surface area contributed by atoms with Crippen molar-refractivity contribution >= 4 is 22.1 Å². The van der Waals surface area contributed by atoms with Crippen LogP contribution in [0.1, 0.15) is 13.8 Å². The van der Waals surface area contributed by atoms with Crippen molar-refractivity contribution in [2.24, 2.45) is 0 Å². The highest BCUT2D eigenvalue weighted by Crippen LogP contribution is 2.20. The fourth-order valence-electron chi connectivity index (χ4n) is 1.26. The number of anilines is 1. The molecular weight excluding hydrogens is 228 g/mol. The molecule has 0 atom stereocenters. The first-order chi connectivity index (χ1) is 7.47. The van der Waals surface area contributed by atoms with Crippen molar-refractivity contribution in [3.05, 3.63) is 24.3 Å². The van der Waals surface area contributed by atoms with E-state index in [0.29, 0.717) is 6.41 Å². The standard InChI is InChI=1S/C10H14N2O3S/c1-8(2)12-16(14,15)10-6-4-3-5-9(10)11-7-13/h3-8,12H,1-2H3,(H,11,13). The van der Waals surface area contributed by atoms with Gasteiger partial charge in [0.2, 0.25) is 16.4 Å². The smallest absolute Gasteiger partial charge is 0.242 e. The molecule has 1 amide bonds. The molecule has 0 saturated heterocycles. The molecule has 1 aromatic rings. The molecule has 0 aliphatic carbocycles. The summed E-state index contributed by atoms with van der Waals surface area (Å²) in [5.41, 5.74) is 0.269. The molecule has 0 saturated carbocycles. The number of sulfonamides is 1. The van der Waals surface area contributed by atoms with Gasteiger partial charge >= 0.3 is 0 Å². The van der Waals surface area contributed by atoms with Crippen LogP contribution in [0.4, 0.5) is 5.69 Å². The summed E-state index contributed by atoms with van der Waals surface area (Å²) in [6.07, 6.45) is 0.448. The number of para-hydroxylation sites is 1. The van der Waals surface area contributed by atoms with Gasteiger partial charge in [-0.3, -0.25) is 4.79 Å². The van der Waals surface area contributed by atoms with E-state index in [0.717, 1.165) is 0 Å². The number of amides is 1. The van der Waals surface area contributed by atoms with Crippen LogP contribution in [-0.2, 0) is 14.8 Å². The van der Waals surface area contributed by atoms with Gasteiger partial charge in [0.05, 0.1) is 5.69 Å². The Bertz CT molecular complexity index is 469. The molecular formula is C10H14N2O3S. The van der Waals surface area contributed by atoms with E-state index in [9.17, 15) is 13.2 Å².